The van der Waals surface area contributed by atoms with E-state index in [1.807, 2.05) is 0 Å². The summed E-state index contributed by atoms with van der Waals surface area (Å²) in [6.45, 7) is 9.84. The van der Waals surface area contributed by atoms with Crippen LogP contribution in [0, 0.1) is 17.8 Å². The predicted octanol–water partition coefficient (Wildman–Crippen LogP) is 1.90. The number of amides is 1. The molecule has 0 spiro atoms. The molecule has 7 heteroatoms. The first-order valence-electron chi connectivity index (χ1n) is 10.9. The van der Waals surface area contributed by atoms with Crippen molar-refractivity contribution in [1.29, 1.82) is 0 Å². The Labute approximate surface area is 168 Å². The fourth-order valence-corrected chi connectivity index (χ4v) is 5.35. The second-order valence-corrected chi connectivity index (χ2v) is 8.49. The first-order chi connectivity index (χ1) is 13.5. The number of esters is 1. The van der Waals surface area contributed by atoms with Crippen LogP contribution in [0.4, 0.5) is 0 Å². The normalized spacial score (nSPS) is 32.6. The molecule has 1 amide bonds. The van der Waals surface area contributed by atoms with Gasteiger partial charge in [-0.1, -0.05) is 20.3 Å². The summed E-state index contributed by atoms with van der Waals surface area (Å²) in [6.07, 6.45) is 3.52. The van der Waals surface area contributed by atoms with Crippen LogP contribution in [0.15, 0.2) is 0 Å². The van der Waals surface area contributed by atoms with Crippen LogP contribution in [0.25, 0.3) is 0 Å². The number of nitrogens with zero attached hydrogens (tertiary/aromatic N) is 2. The number of rotatable bonds is 8. The van der Waals surface area contributed by atoms with Crippen LogP contribution in [0.2, 0.25) is 0 Å². The minimum Gasteiger partial charge on any atom is -0.464 e. The molecule has 7 nitrogen and oxygen atoms in total. The molecule has 0 bridgehead atoms. The summed E-state index contributed by atoms with van der Waals surface area (Å²) in [4.78, 5) is 30.5. The topological polar surface area (TPSA) is 68.3 Å². The predicted molar refractivity (Wildman–Crippen MR) is 105 cm³/mol. The number of hydrogen-bond donors (Lipinski definition) is 0. The number of hydrogen-bond acceptors (Lipinski definition) is 6. The lowest BCUT2D eigenvalue weighted by molar-refractivity contribution is -0.172. The van der Waals surface area contributed by atoms with Crippen molar-refractivity contribution in [1.82, 2.24) is 9.80 Å². The molecule has 3 rings (SSSR count). The number of carbonyl (C=O) groups is 2. The Hall–Kier alpha value is -1.18. The summed E-state index contributed by atoms with van der Waals surface area (Å²) in [6, 6.07) is 0. The Morgan fingerprint density at radius 1 is 1.32 bits per heavy atom. The average molecular weight is 397 g/mol. The Balaban J connectivity index is 1.90. The van der Waals surface area contributed by atoms with Crippen molar-refractivity contribution in [2.75, 3.05) is 46.5 Å². The lowest BCUT2D eigenvalue weighted by Gasteiger charge is -2.45. The van der Waals surface area contributed by atoms with Crippen LogP contribution in [-0.2, 0) is 23.8 Å². The summed E-state index contributed by atoms with van der Waals surface area (Å²) < 4.78 is 16.9. The molecule has 3 fully saturated rings. The molecule has 4 atom stereocenters. The standard InChI is InChI=1S/C21H36N2O5/c1-5-7-9-23-14-16(13-15(3)18-27-11-12-28-18)17-8-10-22(4)19(24)21(17,23)20(25)26-6-2/h15-18H,5-14H2,1-4H3/t15?,16-,17-,21+/m1/s1. The Bertz CT molecular complexity index is 565. The highest BCUT2D eigenvalue weighted by Crippen LogP contribution is 2.48. The van der Waals surface area contributed by atoms with E-state index in [9.17, 15) is 9.59 Å². The molecule has 3 aliphatic heterocycles. The summed E-state index contributed by atoms with van der Waals surface area (Å²) in [5.74, 6) is 0.00365. The summed E-state index contributed by atoms with van der Waals surface area (Å²) in [7, 11) is 1.80. The van der Waals surface area contributed by atoms with E-state index in [1.54, 1.807) is 18.9 Å². The van der Waals surface area contributed by atoms with E-state index in [-0.39, 0.29) is 42.5 Å². The van der Waals surface area contributed by atoms with Gasteiger partial charge in [0.25, 0.3) is 5.91 Å². The van der Waals surface area contributed by atoms with E-state index in [2.05, 4.69) is 18.7 Å². The molecule has 0 saturated carbocycles. The number of unbranched alkanes of at least 4 members (excludes halogenated alkanes) is 1. The maximum Gasteiger partial charge on any atom is 0.336 e. The Morgan fingerprint density at radius 2 is 2.04 bits per heavy atom. The zero-order chi connectivity index (χ0) is 20.3. The zero-order valence-corrected chi connectivity index (χ0v) is 17.8. The van der Waals surface area contributed by atoms with Crippen molar-refractivity contribution in [3.8, 4) is 0 Å². The van der Waals surface area contributed by atoms with Gasteiger partial charge in [0.05, 0.1) is 19.8 Å². The van der Waals surface area contributed by atoms with Crippen LogP contribution in [-0.4, -0.2) is 80.0 Å². The quantitative estimate of drug-likeness (QED) is 0.461. The van der Waals surface area contributed by atoms with Crippen LogP contribution in [0.1, 0.15) is 46.5 Å². The zero-order valence-electron chi connectivity index (χ0n) is 17.8. The average Bonchev–Trinajstić information content (AvgIpc) is 3.31. The fourth-order valence-electron chi connectivity index (χ4n) is 5.35. The molecule has 0 aromatic rings. The van der Waals surface area contributed by atoms with Gasteiger partial charge in [-0.15, -0.1) is 0 Å². The maximum atomic E-state index is 13.4. The molecule has 3 saturated heterocycles. The minimum atomic E-state index is -1.17. The van der Waals surface area contributed by atoms with Gasteiger partial charge in [-0.25, -0.2) is 4.79 Å². The Morgan fingerprint density at radius 3 is 2.68 bits per heavy atom. The van der Waals surface area contributed by atoms with E-state index < -0.39 is 5.54 Å². The molecule has 160 valence electrons. The minimum absolute atomic E-state index is 0.0176. The summed E-state index contributed by atoms with van der Waals surface area (Å²) in [5.41, 5.74) is -1.17. The van der Waals surface area contributed by atoms with Gasteiger partial charge >= 0.3 is 5.97 Å². The van der Waals surface area contributed by atoms with E-state index in [0.717, 1.165) is 38.8 Å². The van der Waals surface area contributed by atoms with Gasteiger partial charge in [-0.05, 0) is 38.6 Å². The first kappa shape index (κ1) is 21.5. The van der Waals surface area contributed by atoms with E-state index in [1.165, 1.54) is 0 Å². The number of ether oxygens (including phenoxy) is 3. The van der Waals surface area contributed by atoms with E-state index >= 15 is 0 Å². The summed E-state index contributed by atoms with van der Waals surface area (Å²) >= 11 is 0. The maximum absolute atomic E-state index is 13.4. The number of likely N-dealkylation sites (N-methyl/N-ethyl adjacent to an activating group) is 1. The molecular weight excluding hydrogens is 360 g/mol. The molecule has 0 aromatic heterocycles. The lowest BCUT2D eigenvalue weighted by Crippen LogP contribution is -2.67. The number of carbonyl (C=O) groups excluding carboxylic acids is 2. The lowest BCUT2D eigenvalue weighted by atomic mass is 9.72. The molecule has 0 aliphatic carbocycles. The van der Waals surface area contributed by atoms with Crippen molar-refractivity contribution in [2.45, 2.75) is 58.3 Å². The van der Waals surface area contributed by atoms with Crippen LogP contribution >= 0.6 is 0 Å². The van der Waals surface area contributed by atoms with Crippen LogP contribution in [0.3, 0.4) is 0 Å². The van der Waals surface area contributed by atoms with E-state index in [0.29, 0.717) is 19.8 Å². The fraction of sp³-hybridized carbons (Fsp3) is 0.905. The molecule has 0 aromatic carbocycles. The number of likely N-dealkylation sites (tertiary alicyclic amines) is 2. The molecule has 3 heterocycles. The van der Waals surface area contributed by atoms with Gasteiger partial charge in [0.15, 0.2) is 6.29 Å². The molecular formula is C21H36N2O5. The monoisotopic (exact) mass is 396 g/mol. The third-order valence-corrected chi connectivity index (χ3v) is 6.66. The molecule has 0 radical (unpaired) electrons. The SMILES string of the molecule is CCCCN1C[C@@H](CC(C)C2OCCO2)[C@H]2CCN(C)C(=O)[C@]21C(=O)OCC. The van der Waals surface area contributed by atoms with Gasteiger partial charge in [-0.3, -0.25) is 9.69 Å². The molecule has 3 aliphatic rings. The van der Waals surface area contributed by atoms with Crippen molar-refractivity contribution >= 4 is 11.9 Å². The largest absolute Gasteiger partial charge is 0.464 e. The van der Waals surface area contributed by atoms with E-state index in [4.69, 9.17) is 14.2 Å². The van der Waals surface area contributed by atoms with Crippen LogP contribution < -0.4 is 0 Å². The Kier molecular flexibility index (Phi) is 6.99. The van der Waals surface area contributed by atoms with Crippen LogP contribution in [0.5, 0.6) is 0 Å². The molecule has 1 unspecified atom stereocenters. The molecule has 28 heavy (non-hydrogen) atoms. The third-order valence-electron chi connectivity index (χ3n) is 6.66. The van der Waals surface area contributed by atoms with Crippen molar-refractivity contribution in [3.63, 3.8) is 0 Å². The highest BCUT2D eigenvalue weighted by Gasteiger charge is 2.66. The number of fused-ring (bicyclic) bond motifs is 1. The second-order valence-electron chi connectivity index (χ2n) is 8.49. The van der Waals surface area contributed by atoms with Crippen molar-refractivity contribution < 1.29 is 23.8 Å². The highest BCUT2D eigenvalue weighted by atomic mass is 16.7. The number of piperidine rings is 1. The molecule has 0 N–H and O–H groups in total. The van der Waals surface area contributed by atoms with Gasteiger partial charge < -0.3 is 19.1 Å². The van der Waals surface area contributed by atoms with Gasteiger partial charge in [0.1, 0.15) is 0 Å². The van der Waals surface area contributed by atoms with Crippen molar-refractivity contribution in [2.24, 2.45) is 17.8 Å². The summed E-state index contributed by atoms with van der Waals surface area (Å²) in [5, 5.41) is 0. The van der Waals surface area contributed by atoms with Gasteiger partial charge in [0, 0.05) is 32.0 Å². The van der Waals surface area contributed by atoms with Crippen molar-refractivity contribution in [3.05, 3.63) is 0 Å². The highest BCUT2D eigenvalue weighted by molar-refractivity contribution is 6.08. The first-order valence-corrected chi connectivity index (χ1v) is 10.9. The second kappa shape index (κ2) is 9.09. The smallest absolute Gasteiger partial charge is 0.336 e. The van der Waals surface area contributed by atoms with Gasteiger partial charge in [0.2, 0.25) is 5.54 Å². The van der Waals surface area contributed by atoms with Gasteiger partial charge in [-0.2, -0.15) is 0 Å². The third kappa shape index (κ3) is 3.68.